The Morgan fingerprint density at radius 2 is 2.19 bits per heavy atom. The molecule has 0 aliphatic heterocycles. The highest BCUT2D eigenvalue weighted by molar-refractivity contribution is 5.81. The second-order valence-corrected chi connectivity index (χ2v) is 4.22. The third-order valence-corrected chi connectivity index (χ3v) is 2.07. The van der Waals surface area contributed by atoms with Crippen LogP contribution in [0, 0.1) is 5.92 Å². The Balaban J connectivity index is 3.46. The van der Waals surface area contributed by atoms with Gasteiger partial charge in [-0.25, -0.2) is 0 Å². The van der Waals surface area contributed by atoms with Gasteiger partial charge in [0.25, 0.3) is 0 Å². The van der Waals surface area contributed by atoms with Crippen molar-refractivity contribution in [3.63, 3.8) is 0 Å². The molecule has 0 fully saturated rings. The molecule has 94 valence electrons. The summed E-state index contributed by atoms with van der Waals surface area (Å²) in [4.78, 5) is 11.5. The molecule has 1 unspecified atom stereocenters. The Bertz CT molecular complexity index is 205. The summed E-state index contributed by atoms with van der Waals surface area (Å²) < 4.78 is 5.26. The summed E-state index contributed by atoms with van der Waals surface area (Å²) >= 11 is 0. The van der Waals surface area contributed by atoms with Crippen LogP contribution in [-0.4, -0.2) is 31.7 Å². The monoisotopic (exact) mass is 228 g/mol. The molecule has 0 saturated carbocycles. The number of hydrogen-bond donors (Lipinski definition) is 2. The van der Waals surface area contributed by atoms with Gasteiger partial charge in [0.1, 0.15) is 0 Å². The van der Waals surface area contributed by atoms with Gasteiger partial charge in [-0.3, -0.25) is 4.79 Å². The first-order valence-corrected chi connectivity index (χ1v) is 5.79. The topological polar surface area (TPSA) is 64.3 Å². The van der Waals surface area contributed by atoms with E-state index in [0.717, 1.165) is 6.42 Å². The van der Waals surface area contributed by atoms with E-state index in [2.05, 4.69) is 11.9 Å². The Morgan fingerprint density at radius 1 is 1.50 bits per heavy atom. The lowest BCUT2D eigenvalue weighted by Gasteiger charge is -2.14. The number of nitrogens with one attached hydrogen (secondary N) is 1. The number of ether oxygens (including phenoxy) is 1. The minimum atomic E-state index is -0.409. The lowest BCUT2D eigenvalue weighted by Crippen LogP contribution is -2.42. The van der Waals surface area contributed by atoms with Crippen LogP contribution in [0.15, 0.2) is 12.7 Å². The fourth-order valence-corrected chi connectivity index (χ4v) is 1.26. The van der Waals surface area contributed by atoms with E-state index in [-0.39, 0.29) is 5.91 Å². The maximum absolute atomic E-state index is 11.5. The molecule has 0 radical (unpaired) electrons. The van der Waals surface area contributed by atoms with Crippen molar-refractivity contribution in [1.29, 1.82) is 0 Å². The predicted molar refractivity (Wildman–Crippen MR) is 66.1 cm³/mol. The molecule has 0 rings (SSSR count). The molecule has 3 N–H and O–H groups in total. The second-order valence-electron chi connectivity index (χ2n) is 4.22. The van der Waals surface area contributed by atoms with Crippen LogP contribution in [0.25, 0.3) is 0 Å². The van der Waals surface area contributed by atoms with Gasteiger partial charge in [0.15, 0.2) is 0 Å². The number of nitrogens with two attached hydrogens (primary N) is 1. The maximum atomic E-state index is 11.5. The summed E-state index contributed by atoms with van der Waals surface area (Å²) in [6.07, 6.45) is 3.35. The fourth-order valence-electron chi connectivity index (χ4n) is 1.26. The van der Waals surface area contributed by atoms with Crippen LogP contribution in [0.4, 0.5) is 0 Å². The Labute approximate surface area is 98.2 Å². The maximum Gasteiger partial charge on any atom is 0.237 e. The highest BCUT2D eigenvalue weighted by Gasteiger charge is 2.13. The number of carbonyl (C=O) groups excluding carboxylic acids is 1. The lowest BCUT2D eigenvalue weighted by atomic mass is 10.0. The molecular weight excluding hydrogens is 204 g/mol. The molecule has 4 heteroatoms. The summed E-state index contributed by atoms with van der Waals surface area (Å²) in [6, 6.07) is -0.409. The van der Waals surface area contributed by atoms with E-state index in [4.69, 9.17) is 10.5 Å². The highest BCUT2D eigenvalue weighted by atomic mass is 16.5. The number of carbonyl (C=O) groups is 1. The first-order valence-electron chi connectivity index (χ1n) is 5.79. The molecule has 4 nitrogen and oxygen atoms in total. The van der Waals surface area contributed by atoms with Gasteiger partial charge in [0.2, 0.25) is 5.91 Å². The molecule has 0 aromatic heterocycles. The number of rotatable bonds is 9. The molecule has 0 aromatic rings. The highest BCUT2D eigenvalue weighted by Crippen LogP contribution is 2.02. The SMILES string of the molecule is C=CCCOCCNC(=O)C(N)CC(C)C. The smallest absolute Gasteiger partial charge is 0.237 e. The Morgan fingerprint density at radius 3 is 2.75 bits per heavy atom. The molecule has 1 amide bonds. The van der Waals surface area contributed by atoms with Gasteiger partial charge in [-0.05, 0) is 18.8 Å². The van der Waals surface area contributed by atoms with Crippen LogP contribution in [0.3, 0.4) is 0 Å². The summed E-state index contributed by atoms with van der Waals surface area (Å²) in [5, 5.41) is 2.75. The molecular formula is C12H24N2O2. The zero-order chi connectivity index (χ0) is 12.4. The van der Waals surface area contributed by atoms with Crippen LogP contribution in [0.2, 0.25) is 0 Å². The van der Waals surface area contributed by atoms with Crippen LogP contribution >= 0.6 is 0 Å². The summed E-state index contributed by atoms with van der Waals surface area (Å²) in [6.45, 7) is 9.37. The molecule has 1 atom stereocenters. The van der Waals surface area contributed by atoms with E-state index in [1.54, 1.807) is 6.08 Å². The van der Waals surface area contributed by atoms with Gasteiger partial charge in [0, 0.05) is 6.54 Å². The van der Waals surface area contributed by atoms with Crippen LogP contribution in [0.5, 0.6) is 0 Å². The second kappa shape index (κ2) is 9.36. The third-order valence-electron chi connectivity index (χ3n) is 2.07. The van der Waals surface area contributed by atoms with Gasteiger partial charge < -0.3 is 15.8 Å². The standard InChI is InChI=1S/C12H24N2O2/c1-4-5-7-16-8-6-14-12(15)11(13)9-10(2)3/h4,10-11H,1,5-9,13H2,2-3H3,(H,14,15). The minimum Gasteiger partial charge on any atom is -0.379 e. The zero-order valence-electron chi connectivity index (χ0n) is 10.4. The van der Waals surface area contributed by atoms with Crippen molar-refractivity contribution in [1.82, 2.24) is 5.32 Å². The van der Waals surface area contributed by atoms with Crippen molar-refractivity contribution in [2.75, 3.05) is 19.8 Å². The van der Waals surface area contributed by atoms with Crippen LogP contribution < -0.4 is 11.1 Å². The minimum absolute atomic E-state index is 0.0963. The molecule has 0 aliphatic carbocycles. The summed E-state index contributed by atoms with van der Waals surface area (Å²) in [5.41, 5.74) is 5.71. The average Bonchev–Trinajstić information content (AvgIpc) is 2.21. The lowest BCUT2D eigenvalue weighted by molar-refractivity contribution is -0.122. The molecule has 0 heterocycles. The van der Waals surface area contributed by atoms with E-state index in [1.165, 1.54) is 0 Å². The Kier molecular flexibility index (Phi) is 8.85. The normalized spacial score (nSPS) is 12.5. The van der Waals surface area contributed by atoms with E-state index in [9.17, 15) is 4.79 Å². The molecule has 16 heavy (non-hydrogen) atoms. The molecule has 0 spiro atoms. The molecule has 0 aliphatic rings. The quantitative estimate of drug-likeness (QED) is 0.458. The van der Waals surface area contributed by atoms with Crippen molar-refractivity contribution in [2.45, 2.75) is 32.7 Å². The van der Waals surface area contributed by atoms with Crippen molar-refractivity contribution < 1.29 is 9.53 Å². The molecule has 0 saturated heterocycles. The first kappa shape index (κ1) is 15.1. The van der Waals surface area contributed by atoms with Crippen molar-refractivity contribution in [2.24, 2.45) is 11.7 Å². The van der Waals surface area contributed by atoms with Crippen molar-refractivity contribution >= 4 is 5.91 Å². The largest absolute Gasteiger partial charge is 0.379 e. The predicted octanol–water partition coefficient (Wildman–Crippen LogP) is 1.07. The van der Waals surface area contributed by atoms with E-state index < -0.39 is 6.04 Å². The number of hydrogen-bond acceptors (Lipinski definition) is 3. The van der Waals surface area contributed by atoms with Crippen LogP contribution in [-0.2, 0) is 9.53 Å². The van der Waals surface area contributed by atoms with Gasteiger partial charge in [0.05, 0.1) is 19.3 Å². The van der Waals surface area contributed by atoms with E-state index in [0.29, 0.717) is 32.1 Å². The Hall–Kier alpha value is -0.870. The average molecular weight is 228 g/mol. The van der Waals surface area contributed by atoms with E-state index >= 15 is 0 Å². The van der Waals surface area contributed by atoms with Crippen LogP contribution in [0.1, 0.15) is 26.7 Å². The number of amides is 1. The van der Waals surface area contributed by atoms with Gasteiger partial charge >= 0.3 is 0 Å². The first-order chi connectivity index (χ1) is 7.57. The zero-order valence-corrected chi connectivity index (χ0v) is 10.4. The summed E-state index contributed by atoms with van der Waals surface area (Å²) in [7, 11) is 0. The van der Waals surface area contributed by atoms with Gasteiger partial charge in [-0.2, -0.15) is 0 Å². The van der Waals surface area contributed by atoms with Crippen molar-refractivity contribution in [3.8, 4) is 0 Å². The molecule has 0 bridgehead atoms. The van der Waals surface area contributed by atoms with Crippen molar-refractivity contribution in [3.05, 3.63) is 12.7 Å². The third kappa shape index (κ3) is 8.44. The van der Waals surface area contributed by atoms with Gasteiger partial charge in [-0.1, -0.05) is 19.9 Å². The summed E-state index contributed by atoms with van der Waals surface area (Å²) in [5.74, 6) is 0.339. The molecule has 0 aromatic carbocycles. The van der Waals surface area contributed by atoms with Gasteiger partial charge in [-0.15, -0.1) is 6.58 Å². The van der Waals surface area contributed by atoms with E-state index in [1.807, 2.05) is 13.8 Å². The fraction of sp³-hybridized carbons (Fsp3) is 0.750.